The summed E-state index contributed by atoms with van der Waals surface area (Å²) in [6.07, 6.45) is 2.35. The van der Waals surface area contributed by atoms with Crippen molar-refractivity contribution in [2.24, 2.45) is 0 Å². The number of aromatic nitrogens is 4. The van der Waals surface area contributed by atoms with Gasteiger partial charge >= 0.3 is 0 Å². The molecular formula is C12H17N7S. The van der Waals surface area contributed by atoms with Gasteiger partial charge in [0, 0.05) is 25.5 Å². The van der Waals surface area contributed by atoms with E-state index in [-0.39, 0.29) is 5.95 Å². The van der Waals surface area contributed by atoms with Gasteiger partial charge in [-0.25, -0.2) is 4.98 Å². The second kappa shape index (κ2) is 5.58. The second-order valence-corrected chi connectivity index (χ2v) is 5.54. The van der Waals surface area contributed by atoms with Crippen LogP contribution >= 0.6 is 11.3 Å². The third-order valence-corrected chi connectivity index (χ3v) is 3.88. The first-order chi connectivity index (χ1) is 9.72. The highest BCUT2D eigenvalue weighted by molar-refractivity contribution is 7.07. The molecule has 0 bridgehead atoms. The average molecular weight is 291 g/mol. The van der Waals surface area contributed by atoms with Gasteiger partial charge in [0.25, 0.3) is 0 Å². The Labute approximate surface area is 121 Å². The van der Waals surface area contributed by atoms with Crippen molar-refractivity contribution in [3.63, 3.8) is 0 Å². The lowest BCUT2D eigenvalue weighted by atomic mass is 10.4. The summed E-state index contributed by atoms with van der Waals surface area (Å²) in [4.78, 5) is 21.3. The van der Waals surface area contributed by atoms with Crippen LogP contribution in [0.5, 0.6) is 0 Å². The fourth-order valence-electron chi connectivity index (χ4n) is 2.23. The number of hydrogen-bond donors (Lipinski definition) is 1. The summed E-state index contributed by atoms with van der Waals surface area (Å²) < 4.78 is 0. The normalized spacial score (nSPS) is 14.8. The number of nitrogens with two attached hydrogens (primary N) is 1. The van der Waals surface area contributed by atoms with E-state index in [0.717, 1.165) is 18.8 Å². The molecule has 1 aliphatic heterocycles. The molecule has 2 aromatic heterocycles. The fourth-order valence-corrected chi connectivity index (χ4v) is 2.78. The van der Waals surface area contributed by atoms with Crippen molar-refractivity contribution in [3.8, 4) is 0 Å². The van der Waals surface area contributed by atoms with Crippen molar-refractivity contribution in [1.82, 2.24) is 19.9 Å². The van der Waals surface area contributed by atoms with Gasteiger partial charge in [-0.05, 0) is 12.8 Å². The number of anilines is 3. The maximum atomic E-state index is 5.81. The van der Waals surface area contributed by atoms with Crippen LogP contribution in [-0.2, 0) is 6.54 Å². The van der Waals surface area contributed by atoms with Crippen LogP contribution in [0.25, 0.3) is 0 Å². The van der Waals surface area contributed by atoms with E-state index in [9.17, 15) is 0 Å². The molecule has 0 unspecified atom stereocenters. The first-order valence-corrected chi connectivity index (χ1v) is 7.51. The summed E-state index contributed by atoms with van der Waals surface area (Å²) >= 11 is 1.58. The van der Waals surface area contributed by atoms with Crippen LogP contribution in [0.3, 0.4) is 0 Å². The summed E-state index contributed by atoms with van der Waals surface area (Å²) in [5.41, 5.74) is 8.63. The van der Waals surface area contributed by atoms with Crippen LogP contribution in [0.15, 0.2) is 10.9 Å². The molecule has 0 atom stereocenters. The van der Waals surface area contributed by atoms with Crippen LogP contribution in [-0.4, -0.2) is 40.1 Å². The molecule has 3 heterocycles. The molecule has 1 saturated heterocycles. The van der Waals surface area contributed by atoms with E-state index >= 15 is 0 Å². The topological polar surface area (TPSA) is 84.1 Å². The van der Waals surface area contributed by atoms with Gasteiger partial charge in [-0.1, -0.05) is 0 Å². The Morgan fingerprint density at radius 2 is 2.10 bits per heavy atom. The number of hydrogen-bond acceptors (Lipinski definition) is 8. The molecule has 2 aromatic rings. The van der Waals surface area contributed by atoms with Gasteiger partial charge in [-0.15, -0.1) is 11.3 Å². The van der Waals surface area contributed by atoms with Crippen molar-refractivity contribution < 1.29 is 0 Å². The third-order valence-electron chi connectivity index (χ3n) is 3.24. The molecule has 0 amide bonds. The van der Waals surface area contributed by atoms with Gasteiger partial charge in [0.05, 0.1) is 17.7 Å². The molecular weight excluding hydrogens is 274 g/mol. The summed E-state index contributed by atoms with van der Waals surface area (Å²) in [6, 6.07) is 0. The van der Waals surface area contributed by atoms with Gasteiger partial charge in [0.15, 0.2) is 0 Å². The van der Waals surface area contributed by atoms with Crippen molar-refractivity contribution in [2.45, 2.75) is 19.4 Å². The number of nitrogen functional groups attached to an aromatic ring is 1. The Hall–Kier alpha value is -1.96. The van der Waals surface area contributed by atoms with Gasteiger partial charge in [-0.2, -0.15) is 15.0 Å². The van der Waals surface area contributed by atoms with Crippen LogP contribution in [0.4, 0.5) is 17.8 Å². The molecule has 20 heavy (non-hydrogen) atoms. The fraction of sp³-hybridized carbons (Fsp3) is 0.500. The van der Waals surface area contributed by atoms with Crippen molar-refractivity contribution in [1.29, 1.82) is 0 Å². The van der Waals surface area contributed by atoms with Crippen molar-refractivity contribution in [2.75, 3.05) is 35.7 Å². The van der Waals surface area contributed by atoms with Gasteiger partial charge < -0.3 is 15.5 Å². The quantitative estimate of drug-likeness (QED) is 0.904. The minimum Gasteiger partial charge on any atom is -0.368 e. The van der Waals surface area contributed by atoms with Crippen LogP contribution < -0.4 is 15.5 Å². The first kappa shape index (κ1) is 13.0. The summed E-state index contributed by atoms with van der Waals surface area (Å²) in [6.45, 7) is 2.63. The second-order valence-electron chi connectivity index (χ2n) is 4.82. The highest BCUT2D eigenvalue weighted by atomic mass is 32.1. The number of rotatable bonds is 4. The Morgan fingerprint density at radius 3 is 2.80 bits per heavy atom. The zero-order valence-corrected chi connectivity index (χ0v) is 12.2. The molecule has 7 nitrogen and oxygen atoms in total. The molecule has 1 fully saturated rings. The predicted octanol–water partition coefficient (Wildman–Crippen LogP) is 1.15. The third kappa shape index (κ3) is 2.79. The molecule has 0 aromatic carbocycles. The molecule has 0 saturated carbocycles. The lowest BCUT2D eigenvalue weighted by Gasteiger charge is -2.20. The molecule has 0 radical (unpaired) electrons. The van der Waals surface area contributed by atoms with Crippen molar-refractivity contribution >= 4 is 29.2 Å². The molecule has 106 valence electrons. The van der Waals surface area contributed by atoms with Gasteiger partial charge in [0.1, 0.15) is 0 Å². The smallest absolute Gasteiger partial charge is 0.232 e. The predicted molar refractivity (Wildman–Crippen MR) is 79.9 cm³/mol. The summed E-state index contributed by atoms with van der Waals surface area (Å²) in [5, 5.41) is 2.02. The minimum absolute atomic E-state index is 0.266. The lowest BCUT2D eigenvalue weighted by molar-refractivity contribution is 0.818. The average Bonchev–Trinajstić information content (AvgIpc) is 3.11. The molecule has 3 rings (SSSR count). The maximum Gasteiger partial charge on any atom is 0.232 e. The SMILES string of the molecule is CN(Cc1cscn1)c1nc(N)nc(N2CCCC2)n1. The van der Waals surface area contributed by atoms with E-state index in [4.69, 9.17) is 5.73 Å². The number of nitrogens with zero attached hydrogens (tertiary/aromatic N) is 6. The van der Waals surface area contributed by atoms with E-state index in [0.29, 0.717) is 18.4 Å². The zero-order chi connectivity index (χ0) is 13.9. The highest BCUT2D eigenvalue weighted by Crippen LogP contribution is 2.19. The molecule has 0 aliphatic carbocycles. The van der Waals surface area contributed by atoms with E-state index in [1.165, 1.54) is 12.8 Å². The van der Waals surface area contributed by atoms with E-state index in [2.05, 4.69) is 24.8 Å². The maximum absolute atomic E-state index is 5.81. The monoisotopic (exact) mass is 291 g/mol. The minimum atomic E-state index is 0.266. The van der Waals surface area contributed by atoms with Gasteiger partial charge in [0.2, 0.25) is 17.8 Å². The summed E-state index contributed by atoms with van der Waals surface area (Å²) in [7, 11) is 1.93. The molecule has 0 spiro atoms. The standard InChI is InChI=1S/C12H17N7S/c1-18(6-9-7-20-8-14-9)11-15-10(13)16-12(17-11)19-4-2-3-5-19/h7-8H,2-6H2,1H3,(H2,13,15,16,17). The highest BCUT2D eigenvalue weighted by Gasteiger charge is 2.18. The zero-order valence-electron chi connectivity index (χ0n) is 11.4. The van der Waals surface area contributed by atoms with Crippen LogP contribution in [0, 0.1) is 0 Å². The molecule has 1 aliphatic rings. The van der Waals surface area contributed by atoms with Gasteiger partial charge in [-0.3, -0.25) is 0 Å². The number of thiazole rings is 1. The van der Waals surface area contributed by atoms with E-state index < -0.39 is 0 Å². The first-order valence-electron chi connectivity index (χ1n) is 6.57. The van der Waals surface area contributed by atoms with Crippen LogP contribution in [0.1, 0.15) is 18.5 Å². The Kier molecular flexibility index (Phi) is 3.64. The lowest BCUT2D eigenvalue weighted by Crippen LogP contribution is -2.25. The Balaban J connectivity index is 1.81. The van der Waals surface area contributed by atoms with E-state index in [1.807, 2.05) is 22.8 Å². The Bertz CT molecular complexity index is 565. The van der Waals surface area contributed by atoms with Crippen molar-refractivity contribution in [3.05, 3.63) is 16.6 Å². The largest absolute Gasteiger partial charge is 0.368 e. The summed E-state index contributed by atoms with van der Waals surface area (Å²) in [5.74, 6) is 1.53. The van der Waals surface area contributed by atoms with E-state index in [1.54, 1.807) is 11.3 Å². The molecule has 2 N–H and O–H groups in total. The van der Waals surface area contributed by atoms with Crippen LogP contribution in [0.2, 0.25) is 0 Å². The molecule has 8 heteroatoms. The Morgan fingerprint density at radius 1 is 1.30 bits per heavy atom.